The van der Waals surface area contributed by atoms with E-state index in [9.17, 15) is 4.39 Å². The van der Waals surface area contributed by atoms with Crippen LogP contribution in [0.5, 0.6) is 0 Å². The van der Waals surface area contributed by atoms with E-state index >= 15 is 0 Å². The zero-order chi connectivity index (χ0) is 13.2. The molecule has 1 aromatic carbocycles. The fourth-order valence-electron chi connectivity index (χ4n) is 2.35. The second kappa shape index (κ2) is 5.57. The van der Waals surface area contributed by atoms with Crippen molar-refractivity contribution < 1.29 is 4.39 Å². The first kappa shape index (κ1) is 13.8. The highest BCUT2D eigenvalue weighted by molar-refractivity contribution is 9.10. The molecule has 0 N–H and O–H groups in total. The van der Waals surface area contributed by atoms with Crippen LogP contribution in [0, 0.1) is 0 Å². The molecule has 0 unspecified atom stereocenters. The summed E-state index contributed by atoms with van der Waals surface area (Å²) >= 11 is 3.44. The number of rotatable bonds is 3. The average molecular weight is 315 g/mol. The van der Waals surface area contributed by atoms with Gasteiger partial charge in [0, 0.05) is 42.9 Å². The molecule has 0 spiro atoms. The number of benzene rings is 1. The maximum Gasteiger partial charge on any atom is 0.118 e. The van der Waals surface area contributed by atoms with Crippen LogP contribution in [-0.2, 0) is 0 Å². The predicted molar refractivity (Wildman–Crippen MR) is 78.0 cm³/mol. The molecular weight excluding hydrogens is 295 g/mol. The van der Waals surface area contributed by atoms with E-state index in [1.54, 1.807) is 13.8 Å². The van der Waals surface area contributed by atoms with Crippen molar-refractivity contribution in [3.8, 4) is 0 Å². The molecule has 1 saturated heterocycles. The Morgan fingerprint density at radius 1 is 1.11 bits per heavy atom. The number of piperazine rings is 1. The van der Waals surface area contributed by atoms with E-state index in [1.807, 2.05) is 0 Å². The molecule has 2 rings (SSSR count). The molecule has 0 bridgehead atoms. The van der Waals surface area contributed by atoms with Crippen LogP contribution in [0.4, 0.5) is 10.1 Å². The van der Waals surface area contributed by atoms with Crippen molar-refractivity contribution >= 4 is 21.6 Å². The van der Waals surface area contributed by atoms with Crippen LogP contribution in [0.2, 0.25) is 0 Å². The first-order valence-corrected chi connectivity index (χ1v) is 7.15. The minimum atomic E-state index is -1.10. The quantitative estimate of drug-likeness (QED) is 0.844. The fraction of sp³-hybridized carbons (Fsp3) is 0.571. The number of halogens is 2. The number of alkyl halides is 1. The van der Waals surface area contributed by atoms with Crippen molar-refractivity contribution in [3.63, 3.8) is 0 Å². The molecule has 100 valence electrons. The summed E-state index contributed by atoms with van der Waals surface area (Å²) in [7, 11) is 0. The van der Waals surface area contributed by atoms with E-state index < -0.39 is 5.67 Å². The molecule has 0 aliphatic carbocycles. The van der Waals surface area contributed by atoms with Crippen molar-refractivity contribution in [2.45, 2.75) is 19.5 Å². The van der Waals surface area contributed by atoms with Gasteiger partial charge in [-0.05, 0) is 38.1 Å². The van der Waals surface area contributed by atoms with Gasteiger partial charge in [-0.3, -0.25) is 4.90 Å². The molecule has 1 heterocycles. The number of hydrogen-bond donors (Lipinski definition) is 0. The van der Waals surface area contributed by atoms with Gasteiger partial charge in [-0.15, -0.1) is 0 Å². The Kier molecular flexibility index (Phi) is 4.28. The summed E-state index contributed by atoms with van der Waals surface area (Å²) < 4.78 is 14.7. The summed E-state index contributed by atoms with van der Waals surface area (Å²) in [5, 5.41) is 0. The summed E-state index contributed by atoms with van der Waals surface area (Å²) in [6, 6.07) is 8.37. The number of nitrogens with zero attached hydrogens (tertiary/aromatic N) is 2. The minimum Gasteiger partial charge on any atom is -0.369 e. The van der Waals surface area contributed by atoms with E-state index in [-0.39, 0.29) is 0 Å². The van der Waals surface area contributed by atoms with Crippen molar-refractivity contribution in [2.75, 3.05) is 37.6 Å². The van der Waals surface area contributed by atoms with Crippen molar-refractivity contribution in [3.05, 3.63) is 28.7 Å². The standard InChI is InChI=1S/C14H20BrFN2/c1-14(2,16)11-17-7-9-18(10-8-17)13-5-3-12(15)4-6-13/h3-6H,7-11H2,1-2H3. The highest BCUT2D eigenvalue weighted by Crippen LogP contribution is 2.20. The Balaban J connectivity index is 1.88. The fourth-order valence-corrected chi connectivity index (χ4v) is 2.61. The summed E-state index contributed by atoms with van der Waals surface area (Å²) in [6.45, 7) is 7.63. The Labute approximate surface area is 117 Å². The molecule has 2 nitrogen and oxygen atoms in total. The molecule has 1 fully saturated rings. The van der Waals surface area contributed by atoms with E-state index in [1.165, 1.54) is 5.69 Å². The zero-order valence-electron chi connectivity index (χ0n) is 11.0. The van der Waals surface area contributed by atoms with Gasteiger partial charge < -0.3 is 4.90 Å². The van der Waals surface area contributed by atoms with Gasteiger partial charge in [0.05, 0.1) is 0 Å². The largest absolute Gasteiger partial charge is 0.369 e. The molecule has 0 atom stereocenters. The molecular formula is C14H20BrFN2. The lowest BCUT2D eigenvalue weighted by molar-refractivity contribution is 0.121. The molecule has 1 aliphatic rings. The van der Waals surface area contributed by atoms with Crippen LogP contribution in [0.25, 0.3) is 0 Å². The Bertz CT molecular complexity index is 378. The SMILES string of the molecule is CC(C)(F)CN1CCN(c2ccc(Br)cc2)CC1. The van der Waals surface area contributed by atoms with Crippen LogP contribution < -0.4 is 4.90 Å². The summed E-state index contributed by atoms with van der Waals surface area (Å²) in [5.74, 6) is 0. The lowest BCUT2D eigenvalue weighted by atomic mass is 10.1. The number of anilines is 1. The third kappa shape index (κ3) is 3.95. The third-order valence-electron chi connectivity index (χ3n) is 3.16. The Morgan fingerprint density at radius 3 is 2.17 bits per heavy atom. The predicted octanol–water partition coefficient (Wildman–Crippen LogP) is 3.32. The van der Waals surface area contributed by atoms with Gasteiger partial charge in [0.1, 0.15) is 5.67 Å². The first-order chi connectivity index (χ1) is 8.44. The summed E-state index contributed by atoms with van der Waals surface area (Å²) in [5.41, 5.74) is 0.150. The zero-order valence-corrected chi connectivity index (χ0v) is 12.6. The third-order valence-corrected chi connectivity index (χ3v) is 3.69. The molecule has 1 aliphatic heterocycles. The summed E-state index contributed by atoms with van der Waals surface area (Å²) in [6.07, 6.45) is 0. The normalized spacial score (nSPS) is 18.1. The van der Waals surface area contributed by atoms with Gasteiger partial charge in [0.2, 0.25) is 0 Å². The lowest BCUT2D eigenvalue weighted by Crippen LogP contribution is -2.49. The maximum atomic E-state index is 13.6. The van der Waals surface area contributed by atoms with E-state index in [4.69, 9.17) is 0 Å². The van der Waals surface area contributed by atoms with Crippen molar-refractivity contribution in [1.82, 2.24) is 4.90 Å². The maximum absolute atomic E-state index is 13.6. The van der Waals surface area contributed by atoms with E-state index in [0.717, 1.165) is 30.7 Å². The molecule has 18 heavy (non-hydrogen) atoms. The highest BCUT2D eigenvalue weighted by Gasteiger charge is 2.24. The van der Waals surface area contributed by atoms with Gasteiger partial charge in [-0.2, -0.15) is 0 Å². The molecule has 0 saturated carbocycles. The van der Waals surface area contributed by atoms with Crippen LogP contribution in [0.3, 0.4) is 0 Å². The van der Waals surface area contributed by atoms with Crippen LogP contribution in [-0.4, -0.2) is 43.3 Å². The summed E-state index contributed by atoms with van der Waals surface area (Å²) in [4.78, 5) is 4.56. The monoisotopic (exact) mass is 314 g/mol. The molecule has 1 aromatic rings. The van der Waals surface area contributed by atoms with Gasteiger partial charge in [0.25, 0.3) is 0 Å². The van der Waals surface area contributed by atoms with Crippen LogP contribution >= 0.6 is 15.9 Å². The molecule has 0 radical (unpaired) electrons. The van der Waals surface area contributed by atoms with Gasteiger partial charge >= 0.3 is 0 Å². The van der Waals surface area contributed by atoms with Gasteiger partial charge in [0.15, 0.2) is 0 Å². The molecule has 4 heteroatoms. The smallest absolute Gasteiger partial charge is 0.118 e. The van der Waals surface area contributed by atoms with E-state index in [0.29, 0.717) is 6.54 Å². The topological polar surface area (TPSA) is 6.48 Å². The number of hydrogen-bond acceptors (Lipinski definition) is 2. The Hall–Kier alpha value is -0.610. The molecule has 0 aromatic heterocycles. The highest BCUT2D eigenvalue weighted by atomic mass is 79.9. The van der Waals surface area contributed by atoms with Gasteiger partial charge in [-0.25, -0.2) is 4.39 Å². The van der Waals surface area contributed by atoms with E-state index in [2.05, 4.69) is 50.0 Å². The Morgan fingerprint density at radius 2 is 1.67 bits per heavy atom. The minimum absolute atomic E-state index is 0.529. The van der Waals surface area contributed by atoms with Crippen molar-refractivity contribution in [2.24, 2.45) is 0 Å². The van der Waals surface area contributed by atoms with Gasteiger partial charge in [-0.1, -0.05) is 15.9 Å². The van der Waals surface area contributed by atoms with Crippen molar-refractivity contribution in [1.29, 1.82) is 0 Å². The first-order valence-electron chi connectivity index (χ1n) is 6.36. The lowest BCUT2D eigenvalue weighted by Gasteiger charge is -2.37. The molecule has 0 amide bonds. The second-order valence-corrected chi connectivity index (χ2v) is 6.37. The van der Waals surface area contributed by atoms with Crippen LogP contribution in [0.1, 0.15) is 13.8 Å². The second-order valence-electron chi connectivity index (χ2n) is 5.46. The van der Waals surface area contributed by atoms with Crippen LogP contribution in [0.15, 0.2) is 28.7 Å². The average Bonchev–Trinajstić information content (AvgIpc) is 2.29.